The zero-order valence-corrected chi connectivity index (χ0v) is 19.6. The standard InChI is InChI=1S/C24H28O10/c1-10(2)22-16(33-22)17-24(34-17)21(3)6-5-11-12(8-29-18(11)26)13(21)7-14-23(24,32-14)19(22)31-20(27)30-9-15(25)28-4/h10,13-14,16-17,19H,5-9H2,1-4H3/t13-,14-,16-,17-,19+,21-,22-,23+,24+/m0/s1. The first kappa shape index (κ1) is 21.1. The SMILES string of the molecule is COC(=O)COC(=O)O[C@@H]1[C@@]2(C(C)C)O[C@H]2[C@@H]2O[C@]23[C@]12O[C@H]2C[C@H]1C2=C(CC[C@@]13C)C(=O)OC2. The number of esters is 2. The van der Waals surface area contributed by atoms with Crippen LogP contribution in [0.5, 0.6) is 0 Å². The minimum Gasteiger partial charge on any atom is -0.466 e. The van der Waals surface area contributed by atoms with Crippen LogP contribution in [0.3, 0.4) is 0 Å². The van der Waals surface area contributed by atoms with Gasteiger partial charge in [0.15, 0.2) is 18.3 Å². The Hall–Kier alpha value is -2.17. The van der Waals surface area contributed by atoms with Crippen molar-refractivity contribution in [3.63, 3.8) is 0 Å². The average Bonchev–Trinajstić information content (AvgIpc) is 3.70. The number of rotatable bonds is 4. The van der Waals surface area contributed by atoms with Crippen molar-refractivity contribution in [2.45, 2.75) is 81.3 Å². The van der Waals surface area contributed by atoms with Crippen molar-refractivity contribution in [3.8, 4) is 0 Å². The van der Waals surface area contributed by atoms with E-state index >= 15 is 0 Å². The molecule has 7 rings (SSSR count). The summed E-state index contributed by atoms with van der Waals surface area (Å²) < 4.78 is 40.4. The molecule has 0 radical (unpaired) electrons. The number of fused-ring (bicyclic) bond motifs is 4. The number of hydrogen-bond donors (Lipinski definition) is 0. The minimum atomic E-state index is -0.960. The molecule has 5 fully saturated rings. The fraction of sp³-hybridized carbons (Fsp3) is 0.792. The van der Waals surface area contributed by atoms with Crippen LogP contribution in [0, 0.1) is 17.3 Å². The van der Waals surface area contributed by atoms with E-state index in [0.717, 1.165) is 17.6 Å². The van der Waals surface area contributed by atoms with Crippen molar-refractivity contribution in [1.82, 2.24) is 0 Å². The molecule has 4 aliphatic heterocycles. The Morgan fingerprint density at radius 1 is 1.18 bits per heavy atom. The molecule has 9 atom stereocenters. The third-order valence-electron chi connectivity index (χ3n) is 9.82. The van der Waals surface area contributed by atoms with Crippen LogP contribution in [0.2, 0.25) is 0 Å². The van der Waals surface area contributed by atoms with Gasteiger partial charge < -0.3 is 33.2 Å². The molecule has 0 bridgehead atoms. The van der Waals surface area contributed by atoms with E-state index in [2.05, 4.69) is 11.7 Å². The van der Waals surface area contributed by atoms with Gasteiger partial charge in [-0.15, -0.1) is 0 Å². The second-order valence-electron chi connectivity index (χ2n) is 11.1. The summed E-state index contributed by atoms with van der Waals surface area (Å²) in [6.45, 7) is 6.07. The quantitative estimate of drug-likeness (QED) is 0.334. The van der Waals surface area contributed by atoms with Crippen molar-refractivity contribution in [1.29, 1.82) is 0 Å². The Labute approximate surface area is 196 Å². The molecular formula is C24H28O10. The Morgan fingerprint density at radius 3 is 2.71 bits per heavy atom. The number of methoxy groups -OCH3 is 1. The largest absolute Gasteiger partial charge is 0.509 e. The molecule has 2 saturated carbocycles. The summed E-state index contributed by atoms with van der Waals surface area (Å²) in [5.41, 5.74) is -0.739. The van der Waals surface area contributed by atoms with Crippen LogP contribution >= 0.6 is 0 Å². The first-order chi connectivity index (χ1) is 16.2. The molecule has 7 aliphatic rings. The molecule has 0 aromatic carbocycles. The Kier molecular flexibility index (Phi) is 3.82. The molecule has 0 N–H and O–H groups in total. The molecule has 10 nitrogen and oxygen atoms in total. The molecule has 0 aromatic heterocycles. The van der Waals surface area contributed by atoms with Crippen LogP contribution in [0.1, 0.15) is 40.0 Å². The van der Waals surface area contributed by atoms with Crippen molar-refractivity contribution in [2.75, 3.05) is 20.3 Å². The van der Waals surface area contributed by atoms with Crippen molar-refractivity contribution < 1.29 is 47.5 Å². The summed E-state index contributed by atoms with van der Waals surface area (Å²) in [4.78, 5) is 36.4. The molecule has 34 heavy (non-hydrogen) atoms. The van der Waals surface area contributed by atoms with E-state index in [-0.39, 0.29) is 41.5 Å². The molecule has 10 heteroatoms. The molecule has 2 spiro atoms. The Morgan fingerprint density at radius 2 is 1.97 bits per heavy atom. The van der Waals surface area contributed by atoms with Crippen molar-refractivity contribution >= 4 is 18.1 Å². The van der Waals surface area contributed by atoms with Crippen molar-refractivity contribution in [3.05, 3.63) is 11.1 Å². The number of carbonyl (C=O) groups is 3. The molecule has 4 heterocycles. The summed E-state index contributed by atoms with van der Waals surface area (Å²) in [5.74, 6) is -0.762. The van der Waals surface area contributed by atoms with Gasteiger partial charge in [0, 0.05) is 11.0 Å². The van der Waals surface area contributed by atoms with Crippen LogP contribution in [0.25, 0.3) is 0 Å². The third kappa shape index (κ3) is 2.09. The van der Waals surface area contributed by atoms with Gasteiger partial charge in [-0.3, -0.25) is 0 Å². The monoisotopic (exact) mass is 476 g/mol. The summed E-state index contributed by atoms with van der Waals surface area (Å²) in [5, 5.41) is 0. The lowest BCUT2D eigenvalue weighted by Crippen LogP contribution is -2.70. The van der Waals surface area contributed by atoms with Gasteiger partial charge in [-0.25, -0.2) is 14.4 Å². The first-order valence-corrected chi connectivity index (χ1v) is 12.0. The van der Waals surface area contributed by atoms with E-state index in [9.17, 15) is 14.4 Å². The van der Waals surface area contributed by atoms with E-state index in [4.69, 9.17) is 28.4 Å². The van der Waals surface area contributed by atoms with Crippen molar-refractivity contribution in [2.24, 2.45) is 17.3 Å². The molecular weight excluding hydrogens is 448 g/mol. The third-order valence-corrected chi connectivity index (χ3v) is 9.82. The minimum absolute atomic E-state index is 0.0318. The number of carbonyl (C=O) groups excluding carboxylic acids is 3. The number of cyclic esters (lactones) is 1. The number of epoxide rings is 3. The summed E-state index contributed by atoms with van der Waals surface area (Å²) in [7, 11) is 1.22. The fourth-order valence-electron chi connectivity index (χ4n) is 8.15. The van der Waals surface area contributed by atoms with Gasteiger partial charge in [0.2, 0.25) is 0 Å². The lowest BCUT2D eigenvalue weighted by atomic mass is 9.46. The molecule has 3 aliphatic carbocycles. The molecule has 0 unspecified atom stereocenters. The highest BCUT2D eigenvalue weighted by molar-refractivity contribution is 5.92. The Bertz CT molecular complexity index is 1070. The highest BCUT2D eigenvalue weighted by atomic mass is 16.8. The van der Waals surface area contributed by atoms with Gasteiger partial charge in [0.05, 0.1) is 13.2 Å². The fourth-order valence-corrected chi connectivity index (χ4v) is 8.15. The highest BCUT2D eigenvalue weighted by Crippen LogP contribution is 2.83. The smallest absolute Gasteiger partial charge is 0.466 e. The second kappa shape index (κ2) is 6.14. The van der Waals surface area contributed by atoms with Crippen LogP contribution in [-0.2, 0) is 42.7 Å². The van der Waals surface area contributed by atoms with Crippen LogP contribution in [0.15, 0.2) is 11.1 Å². The molecule has 0 amide bonds. The van der Waals surface area contributed by atoms with Gasteiger partial charge in [0.25, 0.3) is 0 Å². The molecule has 184 valence electrons. The predicted octanol–water partition coefficient (Wildman–Crippen LogP) is 1.44. The van der Waals surface area contributed by atoms with E-state index in [1.54, 1.807) is 0 Å². The van der Waals surface area contributed by atoms with Gasteiger partial charge in [-0.05, 0) is 36.7 Å². The normalized spacial score (nSPS) is 50.5. The molecule has 3 saturated heterocycles. The maximum atomic E-state index is 12.7. The second-order valence-corrected chi connectivity index (χ2v) is 11.1. The lowest BCUT2D eigenvalue weighted by Gasteiger charge is -2.53. The van der Waals surface area contributed by atoms with E-state index < -0.39 is 41.6 Å². The number of ether oxygens (including phenoxy) is 7. The topological polar surface area (TPSA) is 126 Å². The Balaban J connectivity index is 1.27. The maximum Gasteiger partial charge on any atom is 0.509 e. The maximum absolute atomic E-state index is 12.7. The van der Waals surface area contributed by atoms with E-state index in [0.29, 0.717) is 19.4 Å². The van der Waals surface area contributed by atoms with Crippen LogP contribution < -0.4 is 0 Å². The average molecular weight is 476 g/mol. The summed E-state index contributed by atoms with van der Waals surface area (Å²) in [6, 6.07) is 0. The summed E-state index contributed by atoms with van der Waals surface area (Å²) >= 11 is 0. The lowest BCUT2D eigenvalue weighted by molar-refractivity contribution is -0.147. The summed E-state index contributed by atoms with van der Waals surface area (Å²) in [6.07, 6.45) is -0.231. The van der Waals surface area contributed by atoms with E-state index in [1.165, 1.54) is 7.11 Å². The zero-order valence-electron chi connectivity index (χ0n) is 19.6. The van der Waals surface area contributed by atoms with Gasteiger partial charge in [0.1, 0.15) is 30.0 Å². The zero-order chi connectivity index (χ0) is 23.8. The van der Waals surface area contributed by atoms with Gasteiger partial charge in [-0.1, -0.05) is 20.8 Å². The first-order valence-electron chi connectivity index (χ1n) is 12.0. The van der Waals surface area contributed by atoms with Gasteiger partial charge in [-0.2, -0.15) is 0 Å². The van der Waals surface area contributed by atoms with Crippen LogP contribution in [-0.4, -0.2) is 79.6 Å². The highest BCUT2D eigenvalue weighted by Gasteiger charge is 3.01. The van der Waals surface area contributed by atoms with Gasteiger partial charge >= 0.3 is 18.1 Å². The van der Waals surface area contributed by atoms with E-state index in [1.807, 2.05) is 13.8 Å². The number of hydrogen-bond acceptors (Lipinski definition) is 10. The molecule has 0 aromatic rings. The van der Waals surface area contributed by atoms with Crippen LogP contribution in [0.4, 0.5) is 4.79 Å². The predicted molar refractivity (Wildman–Crippen MR) is 109 cm³/mol.